The van der Waals surface area contributed by atoms with Gasteiger partial charge in [0.05, 0.1) is 33.1 Å². The third-order valence-corrected chi connectivity index (χ3v) is 14.1. The van der Waals surface area contributed by atoms with E-state index in [2.05, 4.69) is 202 Å². The molecule has 7 heteroatoms. The van der Waals surface area contributed by atoms with Gasteiger partial charge in [-0.1, -0.05) is 158 Å². The minimum absolute atomic E-state index is 0.528. The largest absolute Gasteiger partial charge is 0.456 e. The van der Waals surface area contributed by atoms with Crippen LogP contribution in [0.2, 0.25) is 0 Å². The summed E-state index contributed by atoms with van der Waals surface area (Å²) in [5.41, 5.74) is 14.4. The second kappa shape index (κ2) is 15.0. The van der Waals surface area contributed by atoms with Crippen LogP contribution in [0.1, 0.15) is 0 Å². The summed E-state index contributed by atoms with van der Waals surface area (Å²) in [6, 6.07) is 81.6. The molecule has 7 nitrogen and oxygen atoms in total. The van der Waals surface area contributed by atoms with Crippen LogP contribution in [0.4, 0.5) is 0 Å². The molecule has 5 heterocycles. The average molecular weight is 895 g/mol. The van der Waals surface area contributed by atoms with E-state index in [4.69, 9.17) is 19.4 Å². The molecule has 15 aromatic rings. The van der Waals surface area contributed by atoms with Crippen molar-refractivity contribution in [3.8, 4) is 51.2 Å². The quantitative estimate of drug-likeness (QED) is 0.167. The van der Waals surface area contributed by atoms with E-state index < -0.39 is 0 Å². The van der Waals surface area contributed by atoms with Gasteiger partial charge >= 0.3 is 0 Å². The molecule has 0 amide bonds. The molecule has 0 aliphatic carbocycles. The molecular weight excluding hydrogens is 857 g/mol. The van der Waals surface area contributed by atoms with Crippen molar-refractivity contribution in [2.24, 2.45) is 0 Å². The topological polar surface area (TPSA) is 66.6 Å². The third kappa shape index (κ3) is 5.72. The van der Waals surface area contributed by atoms with E-state index >= 15 is 0 Å². The monoisotopic (exact) mass is 894 g/mol. The standard InChI is InChI=1S/C63H38N6O/c1-3-16-39(17-4-1)41-20-15-21-43(36-41)68-56-34-31-44(67-53-26-11-7-22-45(53)46-23-8-12-27-54(46)67)38-51(56)50-33-32-49-47-24-9-13-28-55(47)69(60(49)59(50)68)63-65-61(40-18-5-2-6-19-40)64-62(66-63)42-30-35-58-52(37-42)48-25-10-14-29-57(48)70-58/h1-38H. The molecule has 0 bridgehead atoms. The van der Waals surface area contributed by atoms with Crippen LogP contribution in [0, 0.1) is 0 Å². The highest BCUT2D eigenvalue weighted by Gasteiger charge is 2.25. The molecule has 0 unspecified atom stereocenters. The van der Waals surface area contributed by atoms with Gasteiger partial charge < -0.3 is 13.6 Å². The highest BCUT2D eigenvalue weighted by Crippen LogP contribution is 2.44. The lowest BCUT2D eigenvalue weighted by atomic mass is 10.1. The molecule has 0 aliphatic heterocycles. The van der Waals surface area contributed by atoms with Crippen molar-refractivity contribution in [3.05, 3.63) is 231 Å². The lowest BCUT2D eigenvalue weighted by Gasteiger charge is -2.14. The Morgan fingerprint density at radius 2 is 0.800 bits per heavy atom. The molecule has 10 aromatic carbocycles. The van der Waals surface area contributed by atoms with Crippen molar-refractivity contribution in [3.63, 3.8) is 0 Å². The minimum atomic E-state index is 0.528. The van der Waals surface area contributed by atoms with Gasteiger partial charge in [0.1, 0.15) is 11.2 Å². The van der Waals surface area contributed by atoms with Gasteiger partial charge in [0.2, 0.25) is 5.95 Å². The Hall–Kier alpha value is -9.59. The molecule has 0 N–H and O–H groups in total. The Kier molecular flexibility index (Phi) is 8.23. The smallest absolute Gasteiger partial charge is 0.238 e. The number of aromatic nitrogens is 6. The summed E-state index contributed by atoms with van der Waals surface area (Å²) in [6.45, 7) is 0. The number of nitrogens with zero attached hydrogens (tertiary/aromatic N) is 6. The van der Waals surface area contributed by atoms with Gasteiger partial charge in [0.15, 0.2) is 11.6 Å². The van der Waals surface area contributed by atoms with Gasteiger partial charge in [-0.3, -0.25) is 4.57 Å². The van der Waals surface area contributed by atoms with Gasteiger partial charge in [-0.2, -0.15) is 9.97 Å². The Morgan fingerprint density at radius 3 is 1.53 bits per heavy atom. The minimum Gasteiger partial charge on any atom is -0.456 e. The molecule has 0 fully saturated rings. The van der Waals surface area contributed by atoms with Crippen LogP contribution >= 0.6 is 0 Å². The Bertz CT molecular complexity index is 4540. The van der Waals surface area contributed by atoms with Crippen LogP contribution in [-0.4, -0.2) is 28.7 Å². The zero-order valence-electron chi connectivity index (χ0n) is 37.5. The first-order chi connectivity index (χ1) is 34.7. The van der Waals surface area contributed by atoms with Crippen molar-refractivity contribution in [1.82, 2.24) is 28.7 Å². The molecule has 0 atom stereocenters. The van der Waals surface area contributed by atoms with Gasteiger partial charge in [0.25, 0.3) is 0 Å². The van der Waals surface area contributed by atoms with Gasteiger partial charge in [-0.15, -0.1) is 0 Å². The first-order valence-electron chi connectivity index (χ1n) is 23.6. The Balaban J connectivity index is 1.06. The molecule has 0 aliphatic rings. The first-order valence-corrected chi connectivity index (χ1v) is 23.6. The van der Waals surface area contributed by atoms with E-state index in [1.807, 2.05) is 42.5 Å². The zero-order valence-corrected chi connectivity index (χ0v) is 37.5. The highest BCUT2D eigenvalue weighted by atomic mass is 16.3. The zero-order chi connectivity index (χ0) is 45.9. The normalized spacial score (nSPS) is 12.0. The number of para-hydroxylation sites is 4. The molecule has 15 rings (SSSR count). The van der Waals surface area contributed by atoms with Crippen molar-refractivity contribution >= 4 is 87.4 Å². The lowest BCUT2D eigenvalue weighted by Crippen LogP contribution is -2.07. The van der Waals surface area contributed by atoms with Crippen molar-refractivity contribution < 1.29 is 4.42 Å². The fourth-order valence-corrected chi connectivity index (χ4v) is 11.0. The predicted octanol–water partition coefficient (Wildman–Crippen LogP) is 16.1. The van der Waals surface area contributed by atoms with Crippen LogP contribution in [0.5, 0.6) is 0 Å². The van der Waals surface area contributed by atoms with Crippen molar-refractivity contribution in [2.75, 3.05) is 0 Å². The summed E-state index contributed by atoms with van der Waals surface area (Å²) in [5.74, 6) is 1.68. The van der Waals surface area contributed by atoms with Crippen LogP contribution in [-0.2, 0) is 0 Å². The molecule has 0 spiro atoms. The number of furan rings is 1. The number of hydrogen-bond acceptors (Lipinski definition) is 4. The summed E-state index contributed by atoms with van der Waals surface area (Å²) in [6.07, 6.45) is 0. The Labute approximate surface area is 400 Å². The van der Waals surface area contributed by atoms with Gasteiger partial charge in [-0.05, 0) is 83.9 Å². The summed E-state index contributed by atoms with van der Waals surface area (Å²) in [4.78, 5) is 16.1. The van der Waals surface area contributed by atoms with Gasteiger partial charge in [-0.25, -0.2) is 4.98 Å². The average Bonchev–Trinajstić information content (AvgIpc) is 4.18. The van der Waals surface area contributed by atoms with E-state index in [1.165, 1.54) is 21.8 Å². The van der Waals surface area contributed by atoms with Crippen LogP contribution in [0.25, 0.3) is 139 Å². The second-order valence-electron chi connectivity index (χ2n) is 18.0. The van der Waals surface area contributed by atoms with E-state index in [0.29, 0.717) is 17.6 Å². The molecule has 70 heavy (non-hydrogen) atoms. The highest BCUT2D eigenvalue weighted by molar-refractivity contribution is 6.24. The van der Waals surface area contributed by atoms with E-state index in [9.17, 15) is 0 Å². The number of hydrogen-bond donors (Lipinski definition) is 0. The number of benzene rings is 10. The second-order valence-corrected chi connectivity index (χ2v) is 18.0. The summed E-state index contributed by atoms with van der Waals surface area (Å²) < 4.78 is 13.4. The third-order valence-electron chi connectivity index (χ3n) is 14.1. The van der Waals surface area contributed by atoms with E-state index in [0.717, 1.165) is 99.2 Å². The molecule has 5 aromatic heterocycles. The Morgan fingerprint density at radius 1 is 0.271 bits per heavy atom. The summed E-state index contributed by atoms with van der Waals surface area (Å²) in [7, 11) is 0. The maximum absolute atomic E-state index is 6.27. The van der Waals surface area contributed by atoms with Gasteiger partial charge in [0, 0.05) is 65.6 Å². The fraction of sp³-hybridized carbons (Fsp3) is 0. The molecule has 0 radical (unpaired) electrons. The van der Waals surface area contributed by atoms with Crippen LogP contribution < -0.4 is 0 Å². The van der Waals surface area contributed by atoms with Crippen LogP contribution in [0.3, 0.4) is 0 Å². The maximum atomic E-state index is 6.27. The molecule has 0 saturated carbocycles. The lowest BCUT2D eigenvalue weighted by molar-refractivity contribution is 0.669. The maximum Gasteiger partial charge on any atom is 0.238 e. The molecule has 326 valence electrons. The van der Waals surface area contributed by atoms with E-state index in [-0.39, 0.29) is 0 Å². The first kappa shape index (κ1) is 38.5. The van der Waals surface area contributed by atoms with Crippen LogP contribution in [0.15, 0.2) is 235 Å². The fourth-order valence-electron chi connectivity index (χ4n) is 11.0. The predicted molar refractivity (Wildman–Crippen MR) is 286 cm³/mol. The number of fused-ring (bicyclic) bond motifs is 13. The molecular formula is C63H38N6O. The SMILES string of the molecule is c1ccc(-c2cccc(-n3c4ccc(-n5c6ccccc6c6ccccc65)cc4c4ccc5c6ccccc6n(-c6nc(-c7ccccc7)nc(-c7ccc8oc9ccccc9c8c7)n6)c5c43)c2)cc1. The molecule has 0 saturated heterocycles. The summed E-state index contributed by atoms with van der Waals surface area (Å²) >= 11 is 0. The van der Waals surface area contributed by atoms with Crippen molar-refractivity contribution in [1.29, 1.82) is 0 Å². The van der Waals surface area contributed by atoms with E-state index in [1.54, 1.807) is 0 Å². The number of rotatable bonds is 6. The van der Waals surface area contributed by atoms with Crippen molar-refractivity contribution in [2.45, 2.75) is 0 Å². The summed E-state index contributed by atoms with van der Waals surface area (Å²) in [5, 5.41) is 8.99.